The molecule has 0 radical (unpaired) electrons. The highest BCUT2D eigenvalue weighted by Crippen LogP contribution is 2.17. The van der Waals surface area contributed by atoms with Gasteiger partial charge in [-0.25, -0.2) is 4.39 Å². The van der Waals surface area contributed by atoms with Gasteiger partial charge in [0.05, 0.1) is 23.7 Å². The van der Waals surface area contributed by atoms with Gasteiger partial charge in [-0.1, -0.05) is 6.07 Å². The summed E-state index contributed by atoms with van der Waals surface area (Å²) in [5, 5.41) is 12.3. The Balaban J connectivity index is 1.85. The molecule has 1 amide bonds. The molecule has 0 spiro atoms. The van der Waals surface area contributed by atoms with Crippen LogP contribution in [0.2, 0.25) is 0 Å². The average Bonchev–Trinajstić information content (AvgIpc) is 2.94. The molecule has 1 atom stereocenters. The molecule has 6 heteroatoms. The second-order valence-corrected chi connectivity index (χ2v) is 5.11. The van der Waals surface area contributed by atoms with Gasteiger partial charge in [0, 0.05) is 0 Å². The monoisotopic (exact) mass is 341 g/mol. The molecule has 20 heavy (non-hydrogen) atoms. The molecule has 0 saturated carbocycles. The predicted molar refractivity (Wildman–Crippen MR) is 74.5 cm³/mol. The molecule has 106 valence electrons. The van der Waals surface area contributed by atoms with Crippen LogP contribution >= 0.6 is 15.9 Å². The summed E-state index contributed by atoms with van der Waals surface area (Å²) >= 11 is 3.07. The Bertz CT molecular complexity index is 586. The van der Waals surface area contributed by atoms with Crippen molar-refractivity contribution in [3.05, 3.63) is 58.2 Å². The topological polar surface area (TPSA) is 62.5 Å². The molecule has 0 bridgehead atoms. The Kier molecular flexibility index (Phi) is 4.92. The molecule has 2 N–H and O–H groups in total. The zero-order chi connectivity index (χ0) is 14.5. The van der Waals surface area contributed by atoms with E-state index in [1.165, 1.54) is 12.3 Å². The number of rotatable bonds is 5. The van der Waals surface area contributed by atoms with Crippen molar-refractivity contribution >= 4 is 21.8 Å². The zero-order valence-electron chi connectivity index (χ0n) is 10.5. The molecular formula is C14H13BrFNO3. The Morgan fingerprint density at radius 3 is 2.90 bits per heavy atom. The van der Waals surface area contributed by atoms with Gasteiger partial charge in [0.25, 0.3) is 0 Å². The number of halogens is 2. The van der Waals surface area contributed by atoms with E-state index in [-0.39, 0.29) is 24.7 Å². The molecule has 0 fully saturated rings. The standard InChI is InChI=1S/C14H13BrFNO3/c15-10-6-9(3-4-11(10)16)7-14(19)17-8-12(18)13-2-1-5-20-13/h1-6,12,18H,7-8H2,(H,17,19). The van der Waals surface area contributed by atoms with Gasteiger partial charge in [0.15, 0.2) is 0 Å². The summed E-state index contributed by atoms with van der Waals surface area (Å²) in [5.74, 6) is -0.230. The van der Waals surface area contributed by atoms with Crippen molar-refractivity contribution in [2.45, 2.75) is 12.5 Å². The first-order chi connectivity index (χ1) is 9.56. The largest absolute Gasteiger partial charge is 0.467 e. The number of carbonyl (C=O) groups excluding carboxylic acids is 1. The van der Waals surface area contributed by atoms with Crippen molar-refractivity contribution in [2.75, 3.05) is 6.54 Å². The van der Waals surface area contributed by atoms with Crippen LogP contribution in [0.3, 0.4) is 0 Å². The van der Waals surface area contributed by atoms with Crippen LogP contribution in [0, 0.1) is 5.82 Å². The lowest BCUT2D eigenvalue weighted by Gasteiger charge is -2.09. The number of amides is 1. The number of hydrogen-bond donors (Lipinski definition) is 2. The van der Waals surface area contributed by atoms with Crippen molar-refractivity contribution in [2.24, 2.45) is 0 Å². The quantitative estimate of drug-likeness (QED) is 0.878. The van der Waals surface area contributed by atoms with E-state index in [1.54, 1.807) is 24.3 Å². The molecule has 1 aromatic carbocycles. The van der Waals surface area contributed by atoms with E-state index in [9.17, 15) is 14.3 Å². The molecule has 4 nitrogen and oxygen atoms in total. The number of carbonyl (C=O) groups is 1. The van der Waals surface area contributed by atoms with Gasteiger partial charge in [0.1, 0.15) is 17.7 Å². The maximum Gasteiger partial charge on any atom is 0.224 e. The smallest absolute Gasteiger partial charge is 0.224 e. The van der Waals surface area contributed by atoms with Gasteiger partial charge in [0.2, 0.25) is 5.91 Å². The van der Waals surface area contributed by atoms with Crippen LogP contribution in [0.1, 0.15) is 17.4 Å². The first-order valence-corrected chi connectivity index (χ1v) is 6.77. The van der Waals surface area contributed by atoms with Crippen LogP contribution in [0.25, 0.3) is 0 Å². The fourth-order valence-corrected chi connectivity index (χ4v) is 2.12. The zero-order valence-corrected chi connectivity index (χ0v) is 12.1. The van der Waals surface area contributed by atoms with Crippen LogP contribution < -0.4 is 5.32 Å². The minimum absolute atomic E-state index is 0.0642. The third-order valence-electron chi connectivity index (χ3n) is 2.71. The lowest BCUT2D eigenvalue weighted by molar-refractivity contribution is -0.120. The average molecular weight is 342 g/mol. The third-order valence-corrected chi connectivity index (χ3v) is 3.32. The van der Waals surface area contributed by atoms with Crippen molar-refractivity contribution in [1.29, 1.82) is 0 Å². The summed E-state index contributed by atoms with van der Waals surface area (Å²) in [6.45, 7) is 0.0642. The Hall–Kier alpha value is -1.66. The van der Waals surface area contributed by atoms with Crippen LogP contribution in [0.5, 0.6) is 0 Å². The number of aliphatic hydroxyl groups excluding tert-OH is 1. The summed E-state index contributed by atoms with van der Waals surface area (Å²) in [5.41, 5.74) is 0.684. The van der Waals surface area contributed by atoms with Crippen molar-refractivity contribution in [1.82, 2.24) is 5.32 Å². The Morgan fingerprint density at radius 1 is 1.45 bits per heavy atom. The SMILES string of the molecule is O=C(Cc1ccc(F)c(Br)c1)NCC(O)c1ccco1. The molecule has 2 rings (SSSR count). The molecule has 1 heterocycles. The minimum Gasteiger partial charge on any atom is -0.467 e. The maximum atomic E-state index is 13.1. The predicted octanol–water partition coefficient (Wildman–Crippen LogP) is 2.57. The summed E-state index contributed by atoms with van der Waals surface area (Å²) < 4.78 is 18.4. The number of nitrogens with one attached hydrogen (secondary N) is 1. The van der Waals surface area contributed by atoms with Crippen LogP contribution in [0.4, 0.5) is 4.39 Å². The van der Waals surface area contributed by atoms with Gasteiger partial charge in [-0.3, -0.25) is 4.79 Å². The molecule has 0 saturated heterocycles. The number of furan rings is 1. The number of aliphatic hydroxyl groups is 1. The minimum atomic E-state index is -0.881. The maximum absolute atomic E-state index is 13.1. The first-order valence-electron chi connectivity index (χ1n) is 5.98. The van der Waals surface area contributed by atoms with Gasteiger partial charge in [-0.05, 0) is 45.8 Å². The summed E-state index contributed by atoms with van der Waals surface area (Å²) in [6.07, 6.45) is 0.689. The molecule has 0 aliphatic heterocycles. The van der Waals surface area contributed by atoms with Crippen molar-refractivity contribution in [3.63, 3.8) is 0 Å². The highest BCUT2D eigenvalue weighted by Gasteiger charge is 2.12. The normalized spacial score (nSPS) is 12.2. The highest BCUT2D eigenvalue weighted by molar-refractivity contribution is 9.10. The van der Waals surface area contributed by atoms with E-state index in [4.69, 9.17) is 4.42 Å². The molecule has 1 aromatic heterocycles. The van der Waals surface area contributed by atoms with E-state index in [0.717, 1.165) is 0 Å². The number of hydrogen-bond acceptors (Lipinski definition) is 3. The van der Waals surface area contributed by atoms with Gasteiger partial charge >= 0.3 is 0 Å². The van der Waals surface area contributed by atoms with Gasteiger partial charge in [-0.2, -0.15) is 0 Å². The lowest BCUT2D eigenvalue weighted by atomic mass is 10.1. The summed E-state index contributed by atoms with van der Waals surface area (Å²) in [6, 6.07) is 7.69. The van der Waals surface area contributed by atoms with Crippen molar-refractivity contribution < 1.29 is 18.7 Å². The fraction of sp³-hybridized carbons (Fsp3) is 0.214. The van der Waals surface area contributed by atoms with E-state index in [1.807, 2.05) is 0 Å². The van der Waals surface area contributed by atoms with E-state index in [0.29, 0.717) is 15.8 Å². The molecule has 1 unspecified atom stereocenters. The molecular weight excluding hydrogens is 329 g/mol. The lowest BCUT2D eigenvalue weighted by Crippen LogP contribution is -2.29. The summed E-state index contributed by atoms with van der Waals surface area (Å²) in [4.78, 5) is 11.7. The molecule has 0 aliphatic rings. The van der Waals surface area contributed by atoms with E-state index < -0.39 is 6.10 Å². The van der Waals surface area contributed by atoms with Gasteiger partial charge in [-0.15, -0.1) is 0 Å². The third kappa shape index (κ3) is 3.91. The second kappa shape index (κ2) is 6.67. The van der Waals surface area contributed by atoms with E-state index in [2.05, 4.69) is 21.2 Å². The van der Waals surface area contributed by atoms with Gasteiger partial charge < -0.3 is 14.8 Å². The fourth-order valence-electron chi connectivity index (χ4n) is 1.69. The molecule has 0 aliphatic carbocycles. The van der Waals surface area contributed by atoms with Crippen LogP contribution in [-0.4, -0.2) is 17.6 Å². The second-order valence-electron chi connectivity index (χ2n) is 4.26. The van der Waals surface area contributed by atoms with Crippen LogP contribution in [-0.2, 0) is 11.2 Å². The Morgan fingerprint density at radius 2 is 2.25 bits per heavy atom. The van der Waals surface area contributed by atoms with Crippen LogP contribution in [0.15, 0.2) is 45.5 Å². The van der Waals surface area contributed by atoms with Crippen molar-refractivity contribution in [3.8, 4) is 0 Å². The first kappa shape index (κ1) is 14.7. The molecule has 2 aromatic rings. The summed E-state index contributed by atoms with van der Waals surface area (Å²) in [7, 11) is 0. The highest BCUT2D eigenvalue weighted by atomic mass is 79.9. The number of benzene rings is 1. The van der Waals surface area contributed by atoms with E-state index >= 15 is 0 Å². The Labute approximate surface area is 123 Å².